The number of allylic oxidation sites excluding steroid dienone is 1. The molecule has 0 aliphatic carbocycles. The first kappa shape index (κ1) is 24.4. The van der Waals surface area contributed by atoms with Crippen molar-refractivity contribution in [3.63, 3.8) is 0 Å². The molecule has 3 aromatic rings. The predicted octanol–water partition coefficient (Wildman–Crippen LogP) is 0.939. The van der Waals surface area contributed by atoms with Gasteiger partial charge in [0.25, 0.3) is 5.56 Å². The molecular weight excluding hydrogens is 486 g/mol. The highest BCUT2D eigenvalue weighted by Gasteiger charge is 2.36. The number of phenolic OH excluding ortho intramolecular Hbond substituents is 2. The number of esters is 1. The van der Waals surface area contributed by atoms with Gasteiger partial charge in [-0.2, -0.15) is 5.26 Å². The second kappa shape index (κ2) is 9.52. The van der Waals surface area contributed by atoms with E-state index in [2.05, 4.69) is 0 Å². The first-order chi connectivity index (χ1) is 17.2. The summed E-state index contributed by atoms with van der Waals surface area (Å²) >= 11 is 1.00. The van der Waals surface area contributed by atoms with Gasteiger partial charge in [0.15, 0.2) is 23.0 Å². The van der Waals surface area contributed by atoms with Crippen LogP contribution < -0.4 is 30.0 Å². The van der Waals surface area contributed by atoms with Crippen LogP contribution in [0.15, 0.2) is 46.8 Å². The number of nitrogens with two attached hydrogens (primary N) is 1. The summed E-state index contributed by atoms with van der Waals surface area (Å²) in [5, 5.41) is 29.9. The molecule has 2 aromatic carbocycles. The van der Waals surface area contributed by atoms with Crippen molar-refractivity contribution in [2.45, 2.75) is 5.92 Å². The lowest BCUT2D eigenvalue weighted by Gasteiger charge is -2.24. The molecule has 4 rings (SSSR count). The molecule has 1 atom stereocenters. The molecule has 11 heteroatoms. The number of nitrogens with zero attached hydrogens (tertiary/aromatic N) is 2. The monoisotopic (exact) mass is 507 g/mol. The summed E-state index contributed by atoms with van der Waals surface area (Å²) in [7, 11) is 3.98. The van der Waals surface area contributed by atoms with E-state index in [4.69, 9.17) is 19.9 Å². The molecule has 0 fully saturated rings. The van der Waals surface area contributed by atoms with Crippen LogP contribution in [0.1, 0.15) is 17.0 Å². The minimum absolute atomic E-state index is 0.0339. The van der Waals surface area contributed by atoms with Crippen molar-refractivity contribution in [3.8, 4) is 29.1 Å². The van der Waals surface area contributed by atoms with Gasteiger partial charge in [-0.05, 0) is 41.5 Å². The second-order valence-electron chi connectivity index (χ2n) is 7.67. The fourth-order valence-electron chi connectivity index (χ4n) is 4.00. The number of nitriles is 1. The fourth-order valence-corrected chi connectivity index (χ4v) is 5.16. The van der Waals surface area contributed by atoms with Crippen molar-refractivity contribution in [2.75, 3.05) is 21.3 Å². The number of hydrogen-bond acceptors (Lipinski definition) is 10. The van der Waals surface area contributed by atoms with Gasteiger partial charge in [0.2, 0.25) is 0 Å². The van der Waals surface area contributed by atoms with E-state index in [0.717, 1.165) is 15.9 Å². The van der Waals surface area contributed by atoms with E-state index in [0.29, 0.717) is 11.1 Å². The molecule has 0 radical (unpaired) electrons. The Kier molecular flexibility index (Phi) is 6.46. The summed E-state index contributed by atoms with van der Waals surface area (Å²) in [6.45, 7) is 0. The first-order valence-corrected chi connectivity index (χ1v) is 11.3. The van der Waals surface area contributed by atoms with Gasteiger partial charge in [-0.1, -0.05) is 12.1 Å². The smallest absolute Gasteiger partial charge is 0.337 e. The van der Waals surface area contributed by atoms with Gasteiger partial charge < -0.3 is 30.2 Å². The number of rotatable bonds is 5. The minimum Gasteiger partial charge on any atom is -0.504 e. The lowest BCUT2D eigenvalue weighted by atomic mass is 9.83. The summed E-state index contributed by atoms with van der Waals surface area (Å²) in [6.07, 6.45) is 1.56. The Morgan fingerprint density at radius 2 is 1.75 bits per heavy atom. The van der Waals surface area contributed by atoms with Gasteiger partial charge in [-0.25, -0.2) is 4.79 Å². The largest absolute Gasteiger partial charge is 0.504 e. The zero-order valence-electron chi connectivity index (χ0n) is 19.4. The van der Waals surface area contributed by atoms with E-state index in [9.17, 15) is 25.1 Å². The molecule has 0 amide bonds. The highest BCUT2D eigenvalue weighted by Crippen LogP contribution is 2.39. The van der Waals surface area contributed by atoms with Crippen molar-refractivity contribution < 1.29 is 29.2 Å². The van der Waals surface area contributed by atoms with Crippen molar-refractivity contribution in [2.24, 2.45) is 5.73 Å². The third kappa shape index (κ3) is 3.93. The maximum absolute atomic E-state index is 13.4. The Hall–Kier alpha value is -4.69. The van der Waals surface area contributed by atoms with Gasteiger partial charge in [-0.15, -0.1) is 11.3 Å². The standard InChI is InChI=1S/C25H21N3O7S/c1-33-17-8-12(4-6-15(17)29)9-19-23(31)28-22(27)14(11-26)20(21(24(28)36-19)25(32)35-3)13-5-7-16(30)18(10-13)34-2/h4-10,20,29-30H,27H2,1-3H3/b19-9+. The fraction of sp³-hybridized carbons (Fsp3) is 0.160. The van der Waals surface area contributed by atoms with Crippen LogP contribution in [-0.2, 0) is 9.53 Å². The maximum Gasteiger partial charge on any atom is 0.337 e. The number of fused-ring (bicyclic) bond motifs is 1. The second-order valence-corrected chi connectivity index (χ2v) is 8.70. The molecule has 1 aromatic heterocycles. The predicted molar refractivity (Wildman–Crippen MR) is 132 cm³/mol. The van der Waals surface area contributed by atoms with Gasteiger partial charge in [0, 0.05) is 0 Å². The number of aromatic nitrogens is 1. The Balaban J connectivity index is 2.07. The van der Waals surface area contributed by atoms with Crippen LogP contribution in [0, 0.1) is 11.3 Å². The maximum atomic E-state index is 13.4. The van der Waals surface area contributed by atoms with Crippen LogP contribution >= 0.6 is 11.3 Å². The van der Waals surface area contributed by atoms with Crippen LogP contribution in [0.4, 0.5) is 0 Å². The van der Waals surface area contributed by atoms with E-state index in [1.54, 1.807) is 18.2 Å². The summed E-state index contributed by atoms with van der Waals surface area (Å²) in [5.74, 6) is -1.67. The topological polar surface area (TPSA) is 157 Å². The Morgan fingerprint density at radius 3 is 2.36 bits per heavy atom. The SMILES string of the molecule is COC(=O)C1=c2s/c(=C/c3ccc(O)c(OC)c3)c(=O)n2C(N)=C(C#N)C1c1ccc(O)c(OC)c1. The van der Waals surface area contributed by atoms with Crippen LogP contribution in [0.25, 0.3) is 17.5 Å². The molecule has 1 unspecified atom stereocenters. The quantitative estimate of drug-likeness (QED) is 0.428. The molecule has 2 heterocycles. The molecule has 0 spiro atoms. The number of carbonyl (C=O) groups excluding carboxylic acids is 1. The average molecular weight is 508 g/mol. The number of benzene rings is 2. The molecule has 4 N–H and O–H groups in total. The van der Waals surface area contributed by atoms with Crippen molar-refractivity contribution in [1.82, 2.24) is 4.57 Å². The Bertz CT molecular complexity index is 1640. The van der Waals surface area contributed by atoms with Crippen LogP contribution in [0.5, 0.6) is 23.0 Å². The molecule has 0 bridgehead atoms. The first-order valence-electron chi connectivity index (χ1n) is 10.5. The number of ether oxygens (including phenoxy) is 3. The summed E-state index contributed by atoms with van der Waals surface area (Å²) in [4.78, 5) is 26.4. The zero-order valence-corrected chi connectivity index (χ0v) is 20.3. The number of methoxy groups -OCH3 is 3. The van der Waals surface area contributed by atoms with E-state index >= 15 is 0 Å². The lowest BCUT2D eigenvalue weighted by Crippen LogP contribution is -2.40. The molecule has 0 saturated heterocycles. The van der Waals surface area contributed by atoms with Crippen molar-refractivity contribution >= 4 is 34.8 Å². The molecule has 184 valence electrons. The highest BCUT2D eigenvalue weighted by molar-refractivity contribution is 7.07. The van der Waals surface area contributed by atoms with Crippen LogP contribution in [0.2, 0.25) is 0 Å². The Labute approximate surface area is 208 Å². The van der Waals surface area contributed by atoms with E-state index < -0.39 is 17.4 Å². The number of carbonyl (C=O) groups is 1. The zero-order chi connectivity index (χ0) is 26.1. The molecule has 0 saturated carbocycles. The summed E-state index contributed by atoms with van der Waals surface area (Å²) in [5.41, 5.74) is 6.79. The van der Waals surface area contributed by atoms with Crippen molar-refractivity contribution in [1.29, 1.82) is 5.26 Å². The summed E-state index contributed by atoms with van der Waals surface area (Å²) in [6, 6.07) is 11.0. The normalized spacial score (nSPS) is 15.3. The average Bonchev–Trinajstić information content (AvgIpc) is 3.20. The van der Waals surface area contributed by atoms with Gasteiger partial charge in [0.05, 0.1) is 49.0 Å². The van der Waals surface area contributed by atoms with Crippen LogP contribution in [0.3, 0.4) is 0 Å². The van der Waals surface area contributed by atoms with E-state index in [1.807, 2.05) is 6.07 Å². The minimum atomic E-state index is -0.975. The molecule has 10 nitrogen and oxygen atoms in total. The van der Waals surface area contributed by atoms with E-state index in [-0.39, 0.29) is 49.2 Å². The molecule has 36 heavy (non-hydrogen) atoms. The van der Waals surface area contributed by atoms with Crippen LogP contribution in [-0.4, -0.2) is 42.1 Å². The summed E-state index contributed by atoms with van der Waals surface area (Å²) < 4.78 is 16.9. The lowest BCUT2D eigenvalue weighted by molar-refractivity contribution is -0.134. The van der Waals surface area contributed by atoms with E-state index in [1.165, 1.54) is 45.6 Å². The van der Waals surface area contributed by atoms with Gasteiger partial charge >= 0.3 is 5.97 Å². The number of phenols is 2. The van der Waals surface area contributed by atoms with Crippen molar-refractivity contribution in [3.05, 3.63) is 72.6 Å². The molecule has 1 aliphatic heterocycles. The highest BCUT2D eigenvalue weighted by atomic mass is 32.1. The molecular formula is C25H21N3O7S. The third-order valence-electron chi connectivity index (χ3n) is 5.71. The molecule has 1 aliphatic rings. The number of aromatic hydroxyl groups is 2. The van der Waals surface area contributed by atoms with Gasteiger partial charge in [0.1, 0.15) is 10.5 Å². The number of thiazole rings is 1. The van der Waals surface area contributed by atoms with Gasteiger partial charge in [-0.3, -0.25) is 9.36 Å². The number of hydrogen-bond donors (Lipinski definition) is 3. The third-order valence-corrected chi connectivity index (χ3v) is 6.82. The Morgan fingerprint density at radius 1 is 1.11 bits per heavy atom.